The number of nitrogens with one attached hydrogen (secondary N) is 1. The van der Waals surface area contributed by atoms with Crippen molar-refractivity contribution < 1.29 is 9.53 Å². The molecule has 1 aliphatic heterocycles. The molecule has 4 heteroatoms. The lowest BCUT2D eigenvalue weighted by molar-refractivity contribution is -0.122. The molecule has 0 aliphatic carbocycles. The van der Waals surface area contributed by atoms with Crippen molar-refractivity contribution in [1.82, 2.24) is 5.32 Å². The van der Waals surface area contributed by atoms with Crippen LogP contribution in [0.2, 0.25) is 5.02 Å². The normalized spacial score (nSPS) is 18.2. The van der Waals surface area contributed by atoms with Crippen LogP contribution in [0.1, 0.15) is 49.4 Å². The minimum absolute atomic E-state index is 0.0173. The average molecular weight is 358 g/mol. The third-order valence-electron chi connectivity index (χ3n) is 4.51. The summed E-state index contributed by atoms with van der Waals surface area (Å²) >= 11 is 5.90. The van der Waals surface area contributed by atoms with Gasteiger partial charge in [0.15, 0.2) is 0 Å². The van der Waals surface area contributed by atoms with E-state index in [9.17, 15) is 4.79 Å². The highest BCUT2D eigenvalue weighted by atomic mass is 35.5. The zero-order valence-corrected chi connectivity index (χ0v) is 15.7. The second-order valence-electron chi connectivity index (χ2n) is 7.35. The zero-order valence-electron chi connectivity index (χ0n) is 14.9. The second-order valence-corrected chi connectivity index (χ2v) is 7.79. The van der Waals surface area contributed by atoms with Crippen molar-refractivity contribution in [2.24, 2.45) is 0 Å². The number of benzene rings is 2. The van der Waals surface area contributed by atoms with Crippen molar-refractivity contribution in [3.8, 4) is 5.75 Å². The number of aryl methyl sites for hydroxylation is 2. The SMILES string of the molecule is Cc1ccc2c(c1)[C@H](NC(=O)CCc1ccc(Cl)cc1)CC(C)(C)O2. The number of carbonyl (C=O) groups is 1. The molecule has 1 atom stereocenters. The number of rotatable bonds is 4. The van der Waals surface area contributed by atoms with E-state index in [0.29, 0.717) is 17.9 Å². The molecule has 1 aliphatic rings. The van der Waals surface area contributed by atoms with Crippen LogP contribution in [0.25, 0.3) is 0 Å². The lowest BCUT2D eigenvalue weighted by atomic mass is 9.89. The van der Waals surface area contributed by atoms with Gasteiger partial charge in [-0.3, -0.25) is 4.79 Å². The number of hydrogen-bond donors (Lipinski definition) is 1. The molecular weight excluding hydrogens is 334 g/mol. The molecule has 132 valence electrons. The number of fused-ring (bicyclic) bond motifs is 1. The molecule has 0 unspecified atom stereocenters. The van der Waals surface area contributed by atoms with Gasteiger partial charge in [-0.2, -0.15) is 0 Å². The van der Waals surface area contributed by atoms with Crippen molar-refractivity contribution >= 4 is 17.5 Å². The average Bonchev–Trinajstić information content (AvgIpc) is 2.54. The third kappa shape index (κ3) is 4.55. The zero-order chi connectivity index (χ0) is 18.0. The maximum absolute atomic E-state index is 12.5. The molecule has 3 rings (SSSR count). The molecule has 2 aromatic carbocycles. The summed E-state index contributed by atoms with van der Waals surface area (Å²) < 4.78 is 6.06. The quantitative estimate of drug-likeness (QED) is 0.836. The highest BCUT2D eigenvalue weighted by Crippen LogP contribution is 2.39. The lowest BCUT2D eigenvalue weighted by Gasteiger charge is -2.38. The molecule has 0 saturated carbocycles. The molecule has 1 heterocycles. The van der Waals surface area contributed by atoms with E-state index in [4.69, 9.17) is 16.3 Å². The Labute approximate surface area is 154 Å². The van der Waals surface area contributed by atoms with Crippen molar-refractivity contribution in [2.45, 2.75) is 51.7 Å². The summed E-state index contributed by atoms with van der Waals surface area (Å²) in [5, 5.41) is 3.91. The summed E-state index contributed by atoms with van der Waals surface area (Å²) in [6, 6.07) is 13.8. The molecule has 0 aromatic heterocycles. The van der Waals surface area contributed by atoms with E-state index in [0.717, 1.165) is 23.3 Å². The van der Waals surface area contributed by atoms with Gasteiger partial charge < -0.3 is 10.1 Å². The number of hydrogen-bond acceptors (Lipinski definition) is 2. The summed E-state index contributed by atoms with van der Waals surface area (Å²) in [5.41, 5.74) is 3.06. The molecule has 3 nitrogen and oxygen atoms in total. The summed E-state index contributed by atoms with van der Waals surface area (Å²) in [6.45, 7) is 6.17. The fraction of sp³-hybridized carbons (Fsp3) is 0.381. The van der Waals surface area contributed by atoms with Crippen LogP contribution in [-0.4, -0.2) is 11.5 Å². The van der Waals surface area contributed by atoms with Gasteiger partial charge in [-0.25, -0.2) is 0 Å². The predicted octanol–water partition coefficient (Wildman–Crippen LogP) is 5.00. The standard InChI is InChI=1S/C21H24ClNO2/c1-14-4-10-19-17(12-14)18(13-21(2,3)25-19)23-20(24)11-7-15-5-8-16(22)9-6-15/h4-6,8-10,12,18H,7,11,13H2,1-3H3,(H,23,24)/t18-/m1/s1. The fourth-order valence-electron chi connectivity index (χ4n) is 3.28. The van der Waals surface area contributed by atoms with Gasteiger partial charge in [0, 0.05) is 23.4 Å². The maximum atomic E-state index is 12.5. The first-order chi connectivity index (χ1) is 11.8. The van der Waals surface area contributed by atoms with Gasteiger partial charge in [0.1, 0.15) is 11.4 Å². The van der Waals surface area contributed by atoms with E-state index in [1.165, 1.54) is 5.56 Å². The van der Waals surface area contributed by atoms with Crippen LogP contribution in [0.5, 0.6) is 5.75 Å². The molecule has 2 aromatic rings. The highest BCUT2D eigenvalue weighted by molar-refractivity contribution is 6.30. The first kappa shape index (κ1) is 17.8. The van der Waals surface area contributed by atoms with E-state index < -0.39 is 0 Å². The van der Waals surface area contributed by atoms with Crippen LogP contribution in [0.15, 0.2) is 42.5 Å². The number of carbonyl (C=O) groups excluding carboxylic acids is 1. The van der Waals surface area contributed by atoms with E-state index >= 15 is 0 Å². The number of ether oxygens (including phenoxy) is 1. The summed E-state index contributed by atoms with van der Waals surface area (Å²) in [5.74, 6) is 0.926. The van der Waals surface area contributed by atoms with Gasteiger partial charge in [0.2, 0.25) is 5.91 Å². The molecule has 0 bridgehead atoms. The fourth-order valence-corrected chi connectivity index (χ4v) is 3.40. The lowest BCUT2D eigenvalue weighted by Crippen LogP contribution is -2.41. The molecule has 0 saturated heterocycles. The van der Waals surface area contributed by atoms with E-state index in [1.54, 1.807) is 0 Å². The number of amides is 1. The Morgan fingerprint density at radius 2 is 1.96 bits per heavy atom. The van der Waals surface area contributed by atoms with Crippen LogP contribution in [0.3, 0.4) is 0 Å². The van der Waals surface area contributed by atoms with Crippen LogP contribution >= 0.6 is 11.6 Å². The van der Waals surface area contributed by atoms with Crippen LogP contribution in [0, 0.1) is 6.92 Å². The molecule has 1 amide bonds. The molecular formula is C21H24ClNO2. The molecule has 0 spiro atoms. The van der Waals surface area contributed by atoms with Gasteiger partial charge in [0.25, 0.3) is 0 Å². The van der Waals surface area contributed by atoms with Gasteiger partial charge in [-0.05, 0) is 51.0 Å². The second kappa shape index (κ2) is 7.09. The van der Waals surface area contributed by atoms with Crippen LogP contribution in [-0.2, 0) is 11.2 Å². The van der Waals surface area contributed by atoms with Crippen molar-refractivity contribution in [1.29, 1.82) is 0 Å². The molecule has 0 fully saturated rings. The highest BCUT2D eigenvalue weighted by Gasteiger charge is 2.34. The molecule has 0 radical (unpaired) electrons. The minimum atomic E-state index is -0.295. The maximum Gasteiger partial charge on any atom is 0.220 e. The molecule has 25 heavy (non-hydrogen) atoms. The van der Waals surface area contributed by atoms with Gasteiger partial charge >= 0.3 is 0 Å². The summed E-state index contributed by atoms with van der Waals surface area (Å²) in [7, 11) is 0. The predicted molar refractivity (Wildman–Crippen MR) is 101 cm³/mol. The Kier molecular flexibility index (Phi) is 5.05. The van der Waals surface area contributed by atoms with Crippen molar-refractivity contribution in [3.63, 3.8) is 0 Å². The Morgan fingerprint density at radius 1 is 1.24 bits per heavy atom. The summed E-state index contributed by atoms with van der Waals surface area (Å²) in [4.78, 5) is 12.5. The van der Waals surface area contributed by atoms with Gasteiger partial charge in [-0.15, -0.1) is 0 Å². The smallest absolute Gasteiger partial charge is 0.220 e. The monoisotopic (exact) mass is 357 g/mol. The van der Waals surface area contributed by atoms with E-state index in [-0.39, 0.29) is 17.6 Å². The topological polar surface area (TPSA) is 38.3 Å². The first-order valence-electron chi connectivity index (χ1n) is 8.66. The Bertz CT molecular complexity index is 768. The van der Waals surface area contributed by atoms with Crippen molar-refractivity contribution in [2.75, 3.05) is 0 Å². The van der Waals surface area contributed by atoms with Crippen LogP contribution in [0.4, 0.5) is 0 Å². The van der Waals surface area contributed by atoms with E-state index in [2.05, 4.69) is 32.2 Å². The Hall–Kier alpha value is -2.00. The summed E-state index contributed by atoms with van der Waals surface area (Å²) in [6.07, 6.45) is 1.92. The van der Waals surface area contributed by atoms with Crippen molar-refractivity contribution in [3.05, 3.63) is 64.2 Å². The largest absolute Gasteiger partial charge is 0.487 e. The first-order valence-corrected chi connectivity index (χ1v) is 9.03. The van der Waals surface area contributed by atoms with Gasteiger partial charge in [0.05, 0.1) is 6.04 Å². The number of halogens is 1. The minimum Gasteiger partial charge on any atom is -0.487 e. The molecule has 1 N–H and O–H groups in total. The van der Waals surface area contributed by atoms with Gasteiger partial charge in [-0.1, -0.05) is 41.4 Å². The Balaban J connectivity index is 1.68. The van der Waals surface area contributed by atoms with E-state index in [1.807, 2.05) is 36.4 Å². The van der Waals surface area contributed by atoms with Crippen LogP contribution < -0.4 is 10.1 Å². The third-order valence-corrected chi connectivity index (χ3v) is 4.76. The Morgan fingerprint density at radius 3 is 2.68 bits per heavy atom.